The van der Waals surface area contributed by atoms with Gasteiger partial charge in [0.05, 0.1) is 11.0 Å². The van der Waals surface area contributed by atoms with Crippen LogP contribution in [0.25, 0.3) is 67.1 Å². The first kappa shape index (κ1) is 28.7. The van der Waals surface area contributed by atoms with E-state index in [0.29, 0.717) is 12.2 Å². The summed E-state index contributed by atoms with van der Waals surface area (Å²) in [6.07, 6.45) is 14.5. The van der Waals surface area contributed by atoms with Gasteiger partial charge in [-0.3, -0.25) is 0 Å². The normalized spacial score (nSPS) is 16.8. The van der Waals surface area contributed by atoms with Gasteiger partial charge in [-0.25, -0.2) is 15.0 Å². The Bertz CT molecular complexity index is 2660. The molecular weight excluding hydrogens is 613 g/mol. The van der Waals surface area contributed by atoms with Crippen molar-refractivity contribution < 1.29 is 4.42 Å². The van der Waals surface area contributed by atoms with Gasteiger partial charge in [0.25, 0.3) is 0 Å². The molecule has 0 N–H and O–H groups in total. The summed E-state index contributed by atoms with van der Waals surface area (Å²) in [5.41, 5.74) is 8.85. The van der Waals surface area contributed by atoms with Crippen molar-refractivity contribution in [3.63, 3.8) is 0 Å². The summed E-state index contributed by atoms with van der Waals surface area (Å²) in [5.74, 6) is 3.37. The topological polar surface area (TPSA) is 56.7 Å². The molecule has 8 aromatic rings. The van der Waals surface area contributed by atoms with E-state index < -0.39 is 0 Å². The molecule has 10 rings (SSSR count). The van der Waals surface area contributed by atoms with Crippen LogP contribution in [0.3, 0.4) is 0 Å². The molecule has 2 aliphatic carbocycles. The van der Waals surface area contributed by atoms with Gasteiger partial charge < -0.3 is 8.98 Å². The predicted molar refractivity (Wildman–Crippen MR) is 202 cm³/mol. The smallest absolute Gasteiger partial charge is 0.163 e. The average Bonchev–Trinajstić information content (AvgIpc) is 3.73. The van der Waals surface area contributed by atoms with E-state index >= 15 is 0 Å². The van der Waals surface area contributed by atoms with Gasteiger partial charge in [-0.2, -0.15) is 0 Å². The van der Waals surface area contributed by atoms with Crippen LogP contribution >= 0.6 is 0 Å². The van der Waals surface area contributed by atoms with E-state index in [1.165, 1.54) is 32.9 Å². The number of hydrogen-bond acceptors (Lipinski definition) is 4. The molecule has 5 nitrogen and oxygen atoms in total. The van der Waals surface area contributed by atoms with Crippen molar-refractivity contribution in [2.45, 2.75) is 24.7 Å². The summed E-state index contributed by atoms with van der Waals surface area (Å²) in [6.45, 7) is 0. The predicted octanol–water partition coefficient (Wildman–Crippen LogP) is 11.0. The van der Waals surface area contributed by atoms with Crippen molar-refractivity contribution in [1.29, 1.82) is 0 Å². The van der Waals surface area contributed by atoms with Gasteiger partial charge in [0.2, 0.25) is 0 Å². The molecular formula is C45H32N4O. The molecule has 2 unspecified atom stereocenters. The molecule has 5 heteroatoms. The van der Waals surface area contributed by atoms with Crippen molar-refractivity contribution in [3.05, 3.63) is 175 Å². The highest BCUT2D eigenvalue weighted by Crippen LogP contribution is 2.39. The Labute approximate surface area is 289 Å². The second-order valence-corrected chi connectivity index (χ2v) is 13.1. The quantitative estimate of drug-likeness (QED) is 0.187. The van der Waals surface area contributed by atoms with Gasteiger partial charge >= 0.3 is 0 Å². The fourth-order valence-corrected chi connectivity index (χ4v) is 7.58. The monoisotopic (exact) mass is 644 g/mol. The zero-order chi connectivity index (χ0) is 33.0. The first-order valence-corrected chi connectivity index (χ1v) is 17.2. The fourth-order valence-electron chi connectivity index (χ4n) is 7.58. The summed E-state index contributed by atoms with van der Waals surface area (Å²) in [4.78, 5) is 15.0. The minimum Gasteiger partial charge on any atom is -0.460 e. The Morgan fingerprint density at radius 2 is 1.34 bits per heavy atom. The van der Waals surface area contributed by atoms with Crippen LogP contribution < -0.4 is 0 Å². The molecule has 0 radical (unpaired) electrons. The van der Waals surface area contributed by atoms with Crippen LogP contribution in [0.5, 0.6) is 0 Å². The Kier molecular flexibility index (Phi) is 6.69. The summed E-state index contributed by atoms with van der Waals surface area (Å²) in [7, 11) is 0. The third kappa shape index (κ3) is 4.81. The van der Waals surface area contributed by atoms with Crippen molar-refractivity contribution in [1.82, 2.24) is 19.5 Å². The van der Waals surface area contributed by atoms with E-state index in [1.807, 2.05) is 18.2 Å². The zero-order valence-electron chi connectivity index (χ0n) is 27.3. The van der Waals surface area contributed by atoms with Crippen LogP contribution in [0.1, 0.15) is 41.2 Å². The van der Waals surface area contributed by atoms with E-state index in [2.05, 4.69) is 144 Å². The van der Waals surface area contributed by atoms with Crippen LogP contribution in [0, 0.1) is 0 Å². The minimum absolute atomic E-state index is 0.0222. The van der Waals surface area contributed by atoms with Crippen molar-refractivity contribution in [3.8, 4) is 28.2 Å². The molecule has 0 saturated carbocycles. The number of nitrogens with zero attached hydrogens (tertiary/aromatic N) is 4. The molecule has 2 aliphatic rings. The highest BCUT2D eigenvalue weighted by atomic mass is 16.3. The molecule has 3 aromatic heterocycles. The van der Waals surface area contributed by atoms with E-state index in [1.54, 1.807) is 0 Å². The number of furan rings is 1. The van der Waals surface area contributed by atoms with Crippen molar-refractivity contribution >= 4 is 38.9 Å². The second kappa shape index (κ2) is 11.7. The average molecular weight is 645 g/mol. The van der Waals surface area contributed by atoms with Crippen molar-refractivity contribution in [2.75, 3.05) is 0 Å². The van der Waals surface area contributed by atoms with Gasteiger partial charge in [-0.15, -0.1) is 0 Å². The number of rotatable bonds is 5. The molecule has 5 aromatic carbocycles. The maximum absolute atomic E-state index is 6.69. The molecule has 0 bridgehead atoms. The Hall–Kier alpha value is -6.33. The Morgan fingerprint density at radius 3 is 2.16 bits per heavy atom. The molecule has 0 saturated heterocycles. The number of fused-ring (bicyclic) bond motifs is 6. The molecule has 50 heavy (non-hydrogen) atoms. The van der Waals surface area contributed by atoms with Crippen LogP contribution in [0.4, 0.5) is 0 Å². The van der Waals surface area contributed by atoms with Crippen LogP contribution in [0.2, 0.25) is 0 Å². The minimum atomic E-state index is -0.0222. The summed E-state index contributed by atoms with van der Waals surface area (Å²) >= 11 is 0. The van der Waals surface area contributed by atoms with Gasteiger partial charge in [-0.1, -0.05) is 121 Å². The lowest BCUT2D eigenvalue weighted by molar-refractivity contribution is 0.525. The molecule has 0 fully saturated rings. The highest BCUT2D eigenvalue weighted by Gasteiger charge is 2.26. The summed E-state index contributed by atoms with van der Waals surface area (Å²) < 4.78 is 9.04. The van der Waals surface area contributed by atoms with Crippen LogP contribution in [-0.4, -0.2) is 19.5 Å². The van der Waals surface area contributed by atoms with Gasteiger partial charge in [0.1, 0.15) is 23.0 Å². The number of hydrogen-bond donors (Lipinski definition) is 0. The molecule has 3 heterocycles. The molecule has 238 valence electrons. The first-order valence-electron chi connectivity index (χ1n) is 17.2. The SMILES string of the molecule is C1=CCC(c2nc(-c3ccccc3)nc(C3C=Cc4c(oc5cc(-n6c7ccccc7c7cc(-c8ccccc8)ccc76)ccc45)C3)n2)C=C1. The van der Waals surface area contributed by atoms with E-state index in [-0.39, 0.29) is 11.8 Å². The lowest BCUT2D eigenvalue weighted by atomic mass is 9.92. The highest BCUT2D eigenvalue weighted by molar-refractivity contribution is 6.10. The first-order chi connectivity index (χ1) is 24.8. The number of allylic oxidation sites excluding steroid dienone is 5. The number of para-hydroxylation sites is 1. The van der Waals surface area contributed by atoms with E-state index in [4.69, 9.17) is 19.4 Å². The molecule has 0 aliphatic heterocycles. The maximum atomic E-state index is 6.69. The summed E-state index contributed by atoms with van der Waals surface area (Å²) in [5, 5.41) is 3.58. The van der Waals surface area contributed by atoms with Gasteiger partial charge in [0, 0.05) is 57.3 Å². The van der Waals surface area contributed by atoms with Gasteiger partial charge in [-0.05, 0) is 47.9 Å². The lowest BCUT2D eigenvalue weighted by Gasteiger charge is -2.18. The number of aromatic nitrogens is 4. The van der Waals surface area contributed by atoms with Crippen LogP contribution in [-0.2, 0) is 6.42 Å². The Morgan fingerprint density at radius 1 is 0.580 bits per heavy atom. The number of benzene rings is 5. The van der Waals surface area contributed by atoms with Crippen molar-refractivity contribution in [2.24, 2.45) is 0 Å². The fraction of sp³-hybridized carbons (Fsp3) is 0.0889. The third-order valence-corrected chi connectivity index (χ3v) is 10.1. The lowest BCUT2D eigenvalue weighted by Crippen LogP contribution is -2.14. The van der Waals surface area contributed by atoms with Gasteiger partial charge in [0.15, 0.2) is 5.82 Å². The Balaban J connectivity index is 1.03. The maximum Gasteiger partial charge on any atom is 0.163 e. The van der Waals surface area contributed by atoms with E-state index in [9.17, 15) is 0 Å². The standard InChI is InChI=1S/C45H32N4O/c1-4-12-29(13-5-1)32-21-25-40-38(26-32)35-18-10-11-19-39(35)49(40)34-22-24-37-36-23-20-33(27-41(36)50-42(37)28-34)45-47-43(30-14-6-2-7-15-30)46-44(48-45)31-16-8-3-9-17-31/h1-16,18-26,28,31,33H,17,27H2. The molecule has 0 spiro atoms. The molecule has 2 atom stereocenters. The second-order valence-electron chi connectivity index (χ2n) is 13.1. The van der Waals surface area contributed by atoms with Crippen LogP contribution in [0.15, 0.2) is 156 Å². The largest absolute Gasteiger partial charge is 0.460 e. The van der Waals surface area contributed by atoms with E-state index in [0.717, 1.165) is 51.6 Å². The molecule has 0 amide bonds. The summed E-state index contributed by atoms with van der Waals surface area (Å²) in [6, 6.07) is 42.8. The zero-order valence-corrected chi connectivity index (χ0v) is 27.3. The third-order valence-electron chi connectivity index (χ3n) is 10.1.